The first-order valence-electron chi connectivity index (χ1n) is 6.63. The Hall–Kier alpha value is -0.720. The maximum Gasteiger partial charge on any atom is 0.255 e. The molecular formula is C14H18BrClF2N2O. The fourth-order valence-electron chi connectivity index (χ4n) is 2.60. The number of carbonyl (C=O) groups excluding carboxylic acids is 1. The first kappa shape index (κ1) is 18.3. The van der Waals surface area contributed by atoms with Crippen LogP contribution in [-0.4, -0.2) is 29.4 Å². The number of benzene rings is 1. The Morgan fingerprint density at radius 2 is 2.00 bits per heavy atom. The van der Waals surface area contributed by atoms with Crippen LogP contribution >= 0.6 is 28.3 Å². The molecule has 1 amide bonds. The van der Waals surface area contributed by atoms with Gasteiger partial charge in [0.2, 0.25) is 0 Å². The molecule has 0 aromatic heterocycles. The molecule has 0 spiro atoms. The molecule has 0 aliphatic carbocycles. The van der Waals surface area contributed by atoms with Gasteiger partial charge in [-0.1, -0.05) is 0 Å². The number of hydrogen-bond donors (Lipinski definition) is 1. The number of rotatable bonds is 2. The Labute approximate surface area is 137 Å². The third kappa shape index (κ3) is 3.93. The molecule has 3 nitrogen and oxygen atoms in total. The smallest absolute Gasteiger partial charge is 0.255 e. The van der Waals surface area contributed by atoms with Gasteiger partial charge in [0.05, 0.1) is 5.56 Å². The summed E-state index contributed by atoms with van der Waals surface area (Å²) >= 11 is 3.12. The van der Waals surface area contributed by atoms with Crippen LogP contribution in [0.15, 0.2) is 16.6 Å². The molecule has 0 saturated carbocycles. The van der Waals surface area contributed by atoms with Crippen molar-refractivity contribution in [3.63, 3.8) is 0 Å². The molecule has 1 aromatic carbocycles. The molecule has 7 heteroatoms. The summed E-state index contributed by atoms with van der Waals surface area (Å²) in [5.74, 6) is -2.31. The third-order valence-electron chi connectivity index (χ3n) is 3.66. The fourth-order valence-corrected chi connectivity index (χ4v) is 3.08. The van der Waals surface area contributed by atoms with Crippen molar-refractivity contribution in [2.75, 3.05) is 6.54 Å². The zero-order valence-electron chi connectivity index (χ0n) is 11.6. The zero-order chi connectivity index (χ0) is 14.9. The Morgan fingerprint density at radius 3 is 2.62 bits per heavy atom. The minimum absolute atomic E-state index is 0. The highest BCUT2D eigenvalue weighted by atomic mass is 79.9. The van der Waals surface area contributed by atoms with Crippen LogP contribution in [0.4, 0.5) is 8.78 Å². The normalized spacial score (nSPS) is 19.9. The van der Waals surface area contributed by atoms with E-state index in [1.165, 1.54) is 0 Å². The van der Waals surface area contributed by atoms with Crippen LogP contribution in [-0.2, 0) is 0 Å². The van der Waals surface area contributed by atoms with Crippen molar-refractivity contribution < 1.29 is 13.6 Å². The number of piperidine rings is 1. The second-order valence-corrected chi connectivity index (χ2v) is 6.02. The number of carbonyl (C=O) groups is 1. The van der Waals surface area contributed by atoms with Crippen LogP contribution in [0.1, 0.15) is 36.5 Å². The van der Waals surface area contributed by atoms with Crippen LogP contribution in [0, 0.1) is 11.6 Å². The van der Waals surface area contributed by atoms with Crippen molar-refractivity contribution in [3.05, 3.63) is 33.8 Å². The van der Waals surface area contributed by atoms with Crippen LogP contribution in [0.25, 0.3) is 0 Å². The molecular weight excluding hydrogens is 366 g/mol. The maximum atomic E-state index is 13.4. The number of likely N-dealkylation sites (tertiary alicyclic amines) is 1. The summed E-state index contributed by atoms with van der Waals surface area (Å²) in [7, 11) is 0. The van der Waals surface area contributed by atoms with Gasteiger partial charge in [-0.3, -0.25) is 4.79 Å². The number of nitrogens with two attached hydrogens (primary N) is 1. The largest absolute Gasteiger partial charge is 0.334 e. The summed E-state index contributed by atoms with van der Waals surface area (Å²) in [6.45, 7) is 2.45. The first-order chi connectivity index (χ1) is 9.41. The van der Waals surface area contributed by atoms with E-state index in [0.29, 0.717) is 6.54 Å². The van der Waals surface area contributed by atoms with Gasteiger partial charge < -0.3 is 10.6 Å². The first-order valence-corrected chi connectivity index (χ1v) is 7.42. The number of nitrogens with zero attached hydrogens (tertiary/aromatic N) is 1. The molecule has 1 heterocycles. The highest BCUT2D eigenvalue weighted by molar-refractivity contribution is 9.10. The highest BCUT2D eigenvalue weighted by Gasteiger charge is 2.31. The van der Waals surface area contributed by atoms with Gasteiger partial charge in [-0.2, -0.15) is 0 Å². The molecule has 0 radical (unpaired) electrons. The van der Waals surface area contributed by atoms with Crippen LogP contribution < -0.4 is 5.73 Å². The second kappa shape index (κ2) is 7.51. The summed E-state index contributed by atoms with van der Waals surface area (Å²) in [4.78, 5) is 14.2. The van der Waals surface area contributed by atoms with Crippen molar-refractivity contribution in [2.45, 2.75) is 38.3 Å². The van der Waals surface area contributed by atoms with Crippen molar-refractivity contribution in [1.29, 1.82) is 0 Å². The minimum Gasteiger partial charge on any atom is -0.334 e. The van der Waals surface area contributed by atoms with Gasteiger partial charge in [0.1, 0.15) is 0 Å². The van der Waals surface area contributed by atoms with Gasteiger partial charge in [-0.15, -0.1) is 12.4 Å². The third-order valence-corrected chi connectivity index (χ3v) is 4.31. The summed E-state index contributed by atoms with van der Waals surface area (Å²) in [5.41, 5.74) is 6.06. The molecule has 118 valence electrons. The lowest BCUT2D eigenvalue weighted by molar-refractivity contribution is 0.0582. The molecule has 2 N–H and O–H groups in total. The minimum atomic E-state index is -1.02. The van der Waals surface area contributed by atoms with Crippen molar-refractivity contribution in [2.24, 2.45) is 5.73 Å². The van der Waals surface area contributed by atoms with Crippen molar-refractivity contribution in [3.8, 4) is 0 Å². The van der Waals surface area contributed by atoms with Gasteiger partial charge in [-0.25, -0.2) is 8.78 Å². The van der Waals surface area contributed by atoms with E-state index in [-0.39, 0.29) is 40.4 Å². The topological polar surface area (TPSA) is 46.3 Å². The maximum absolute atomic E-state index is 13.4. The lowest BCUT2D eigenvalue weighted by Gasteiger charge is -2.38. The molecule has 1 aromatic rings. The molecule has 1 saturated heterocycles. The molecule has 2 atom stereocenters. The second-order valence-electron chi connectivity index (χ2n) is 5.17. The van der Waals surface area contributed by atoms with Gasteiger partial charge in [-0.05, 0) is 54.2 Å². The Balaban J connectivity index is 0.00000220. The van der Waals surface area contributed by atoms with E-state index in [4.69, 9.17) is 5.73 Å². The number of amides is 1. The molecule has 2 rings (SSSR count). The summed E-state index contributed by atoms with van der Waals surface area (Å²) in [6, 6.07) is 1.71. The quantitative estimate of drug-likeness (QED) is 0.795. The number of hydrogen-bond acceptors (Lipinski definition) is 2. The van der Waals surface area contributed by atoms with Crippen LogP contribution in [0.3, 0.4) is 0 Å². The van der Waals surface area contributed by atoms with Gasteiger partial charge in [0, 0.05) is 23.1 Å². The van der Waals surface area contributed by atoms with Crippen molar-refractivity contribution >= 4 is 34.2 Å². The molecule has 1 fully saturated rings. The Morgan fingerprint density at radius 1 is 1.38 bits per heavy atom. The van der Waals surface area contributed by atoms with E-state index >= 15 is 0 Å². The van der Waals surface area contributed by atoms with E-state index in [1.807, 2.05) is 6.92 Å². The summed E-state index contributed by atoms with van der Waals surface area (Å²) in [5, 5.41) is 0. The Kier molecular flexibility index (Phi) is 6.56. The molecule has 0 bridgehead atoms. The average Bonchev–Trinajstić information content (AvgIpc) is 2.42. The monoisotopic (exact) mass is 382 g/mol. The fraction of sp³-hybridized carbons (Fsp3) is 0.500. The average molecular weight is 384 g/mol. The lowest BCUT2D eigenvalue weighted by atomic mass is 9.96. The zero-order valence-corrected chi connectivity index (χ0v) is 14.0. The standard InChI is InChI=1S/C14H17BrF2N2O.ClH/c1-8(18)13-4-2-3-5-19(13)14(20)9-6-11(16)12(17)7-10(9)15;/h6-8,13H,2-5,18H2,1H3;1H. The SMILES string of the molecule is CC(N)C1CCCCN1C(=O)c1cc(F)c(F)cc1Br.Cl. The molecule has 1 aliphatic heterocycles. The highest BCUT2D eigenvalue weighted by Crippen LogP contribution is 2.26. The van der Waals surface area contributed by atoms with Crippen LogP contribution in [0.5, 0.6) is 0 Å². The van der Waals surface area contributed by atoms with E-state index in [0.717, 1.165) is 31.4 Å². The van der Waals surface area contributed by atoms with Gasteiger partial charge >= 0.3 is 0 Å². The summed E-state index contributed by atoms with van der Waals surface area (Å²) in [6.07, 6.45) is 2.76. The van der Waals surface area contributed by atoms with Gasteiger partial charge in [0.15, 0.2) is 11.6 Å². The molecule has 21 heavy (non-hydrogen) atoms. The summed E-state index contributed by atoms with van der Waals surface area (Å²) < 4.78 is 26.7. The lowest BCUT2D eigenvalue weighted by Crippen LogP contribution is -2.51. The predicted molar refractivity (Wildman–Crippen MR) is 83.6 cm³/mol. The van der Waals surface area contributed by atoms with E-state index in [1.54, 1.807) is 4.90 Å². The number of halogens is 4. The van der Waals surface area contributed by atoms with Crippen LogP contribution in [0.2, 0.25) is 0 Å². The van der Waals surface area contributed by atoms with Gasteiger partial charge in [0.25, 0.3) is 5.91 Å². The van der Waals surface area contributed by atoms with E-state index in [9.17, 15) is 13.6 Å². The van der Waals surface area contributed by atoms with Crippen molar-refractivity contribution in [1.82, 2.24) is 4.90 Å². The van der Waals surface area contributed by atoms with E-state index < -0.39 is 11.6 Å². The Bertz CT molecular complexity index is 528. The molecule has 2 unspecified atom stereocenters. The predicted octanol–water partition coefficient (Wildman–Crippen LogP) is 3.49. The molecule has 1 aliphatic rings. The van der Waals surface area contributed by atoms with E-state index in [2.05, 4.69) is 15.9 Å².